The lowest BCUT2D eigenvalue weighted by Gasteiger charge is -2.09. The summed E-state index contributed by atoms with van der Waals surface area (Å²) in [6, 6.07) is 16.0. The van der Waals surface area contributed by atoms with Gasteiger partial charge in [0.05, 0.1) is 17.4 Å². The van der Waals surface area contributed by atoms with E-state index in [4.69, 9.17) is 16.3 Å². The van der Waals surface area contributed by atoms with Gasteiger partial charge in [0.1, 0.15) is 11.6 Å². The Labute approximate surface area is 179 Å². The number of ether oxygens (including phenoxy) is 1. The molecule has 0 atom stereocenters. The number of thioether (sulfide) groups is 2. The minimum Gasteiger partial charge on any atom is -0.491 e. The largest absolute Gasteiger partial charge is 0.491 e. The fourth-order valence-corrected chi connectivity index (χ4v) is 4.29. The topological polar surface area (TPSA) is 39.9 Å². The van der Waals surface area contributed by atoms with Crippen LogP contribution in [0, 0.1) is 6.92 Å². The molecule has 0 N–H and O–H groups in total. The normalized spacial score (nSPS) is 10.8. The maximum Gasteiger partial charge on any atom is 0.191 e. The second kappa shape index (κ2) is 10.6. The predicted molar refractivity (Wildman–Crippen MR) is 119 cm³/mol. The summed E-state index contributed by atoms with van der Waals surface area (Å²) in [6.45, 7) is 7.18. The van der Waals surface area contributed by atoms with Crippen LogP contribution < -0.4 is 4.74 Å². The number of para-hydroxylation sites is 1. The molecule has 28 heavy (non-hydrogen) atoms. The minimum atomic E-state index is 0.544. The summed E-state index contributed by atoms with van der Waals surface area (Å²) in [6.07, 6.45) is 1.87. The Morgan fingerprint density at radius 3 is 2.64 bits per heavy atom. The first-order valence-corrected chi connectivity index (χ1v) is 11.2. The molecule has 0 spiro atoms. The molecule has 1 heterocycles. The molecule has 146 valence electrons. The van der Waals surface area contributed by atoms with Gasteiger partial charge >= 0.3 is 0 Å². The van der Waals surface area contributed by atoms with E-state index in [0.717, 1.165) is 22.5 Å². The Morgan fingerprint density at radius 2 is 1.89 bits per heavy atom. The van der Waals surface area contributed by atoms with Crippen LogP contribution in [0.3, 0.4) is 0 Å². The standard InChI is InChI=1S/C21H22ClN3OS2/c1-3-12-25-20(15-28-17-10-8-16(2)9-11-17)23-24-21(25)27-14-13-26-19-7-5-4-6-18(19)22/h3-11H,1,12-15H2,2H3. The van der Waals surface area contributed by atoms with Crippen molar-refractivity contribution in [2.24, 2.45) is 0 Å². The molecule has 0 fully saturated rings. The summed E-state index contributed by atoms with van der Waals surface area (Å²) in [4.78, 5) is 1.22. The van der Waals surface area contributed by atoms with Crippen LogP contribution in [0.4, 0.5) is 0 Å². The Bertz CT molecular complexity index is 912. The Balaban J connectivity index is 1.56. The molecule has 0 bridgehead atoms. The quantitative estimate of drug-likeness (QED) is 0.227. The second-order valence-corrected chi connectivity index (χ2v) is 8.55. The Morgan fingerprint density at radius 1 is 1.11 bits per heavy atom. The van der Waals surface area contributed by atoms with Crippen LogP contribution in [-0.2, 0) is 12.3 Å². The molecule has 4 nitrogen and oxygen atoms in total. The van der Waals surface area contributed by atoms with E-state index in [2.05, 4.69) is 52.5 Å². The molecule has 2 aromatic carbocycles. The first kappa shape index (κ1) is 20.8. The lowest BCUT2D eigenvalue weighted by atomic mass is 10.2. The van der Waals surface area contributed by atoms with Crippen LogP contribution in [0.5, 0.6) is 5.75 Å². The van der Waals surface area contributed by atoms with Gasteiger partial charge in [0, 0.05) is 17.2 Å². The number of hydrogen-bond acceptors (Lipinski definition) is 5. The number of aryl methyl sites for hydroxylation is 1. The summed E-state index contributed by atoms with van der Waals surface area (Å²) >= 11 is 9.49. The highest BCUT2D eigenvalue weighted by atomic mass is 35.5. The average Bonchev–Trinajstić information content (AvgIpc) is 3.08. The SMILES string of the molecule is C=CCn1c(CSc2ccc(C)cc2)nnc1SCCOc1ccccc1Cl. The van der Waals surface area contributed by atoms with Gasteiger partial charge in [0.15, 0.2) is 5.16 Å². The molecule has 0 unspecified atom stereocenters. The third kappa shape index (κ3) is 5.80. The molecule has 0 saturated heterocycles. The van der Waals surface area contributed by atoms with Crippen molar-refractivity contribution < 1.29 is 4.74 Å². The molecule has 0 aliphatic carbocycles. The number of allylic oxidation sites excluding steroid dienone is 1. The summed E-state index contributed by atoms with van der Waals surface area (Å²) < 4.78 is 7.85. The van der Waals surface area contributed by atoms with Crippen molar-refractivity contribution in [3.05, 3.63) is 77.6 Å². The van der Waals surface area contributed by atoms with Crippen molar-refractivity contribution in [3.63, 3.8) is 0 Å². The molecular weight excluding hydrogens is 410 g/mol. The maximum atomic E-state index is 6.11. The lowest BCUT2D eigenvalue weighted by Crippen LogP contribution is -2.05. The number of nitrogens with zero attached hydrogens (tertiary/aromatic N) is 3. The lowest BCUT2D eigenvalue weighted by molar-refractivity contribution is 0.344. The van der Waals surface area contributed by atoms with E-state index in [0.29, 0.717) is 23.9 Å². The van der Waals surface area contributed by atoms with E-state index in [-0.39, 0.29) is 0 Å². The first-order valence-electron chi connectivity index (χ1n) is 8.90. The monoisotopic (exact) mass is 431 g/mol. The molecule has 0 saturated carbocycles. The summed E-state index contributed by atoms with van der Waals surface area (Å²) in [5.41, 5.74) is 1.26. The van der Waals surface area contributed by atoms with Gasteiger partial charge in [-0.15, -0.1) is 28.5 Å². The van der Waals surface area contributed by atoms with E-state index in [1.165, 1.54) is 10.5 Å². The smallest absolute Gasteiger partial charge is 0.191 e. The van der Waals surface area contributed by atoms with Gasteiger partial charge in [-0.05, 0) is 31.2 Å². The van der Waals surface area contributed by atoms with Crippen molar-refractivity contribution in [1.82, 2.24) is 14.8 Å². The van der Waals surface area contributed by atoms with Crippen LogP contribution >= 0.6 is 35.1 Å². The summed E-state index contributed by atoms with van der Waals surface area (Å²) in [5, 5.41) is 10.2. The fourth-order valence-electron chi connectivity index (χ4n) is 2.47. The van der Waals surface area contributed by atoms with Crippen molar-refractivity contribution in [3.8, 4) is 5.75 Å². The molecular formula is C21H22ClN3OS2. The third-order valence-electron chi connectivity index (χ3n) is 3.90. The molecule has 0 radical (unpaired) electrons. The molecule has 0 amide bonds. The van der Waals surface area contributed by atoms with Gasteiger partial charge < -0.3 is 9.30 Å². The number of aromatic nitrogens is 3. The number of benzene rings is 2. The highest BCUT2D eigenvalue weighted by Crippen LogP contribution is 2.26. The molecule has 7 heteroatoms. The zero-order valence-corrected chi connectivity index (χ0v) is 18.1. The number of halogens is 1. The summed E-state index contributed by atoms with van der Waals surface area (Å²) in [7, 11) is 0. The van der Waals surface area contributed by atoms with E-state index in [9.17, 15) is 0 Å². The van der Waals surface area contributed by atoms with Gasteiger partial charge in [-0.1, -0.05) is 59.3 Å². The molecule has 3 rings (SSSR count). The van der Waals surface area contributed by atoms with Gasteiger partial charge in [-0.2, -0.15) is 0 Å². The van der Waals surface area contributed by atoms with Gasteiger partial charge in [0.2, 0.25) is 0 Å². The minimum absolute atomic E-state index is 0.544. The summed E-state index contributed by atoms with van der Waals surface area (Å²) in [5.74, 6) is 3.17. The Hall–Kier alpha value is -1.89. The number of rotatable bonds is 10. The van der Waals surface area contributed by atoms with E-state index in [1.54, 1.807) is 23.5 Å². The van der Waals surface area contributed by atoms with Crippen LogP contribution in [0.1, 0.15) is 11.4 Å². The average molecular weight is 432 g/mol. The van der Waals surface area contributed by atoms with E-state index >= 15 is 0 Å². The van der Waals surface area contributed by atoms with E-state index in [1.807, 2.05) is 30.3 Å². The van der Waals surface area contributed by atoms with Crippen molar-refractivity contribution in [2.45, 2.75) is 29.3 Å². The molecule has 0 aliphatic heterocycles. The van der Waals surface area contributed by atoms with Crippen LogP contribution in [0.15, 0.2) is 71.2 Å². The van der Waals surface area contributed by atoms with Crippen LogP contribution in [0.25, 0.3) is 0 Å². The maximum absolute atomic E-state index is 6.11. The fraction of sp³-hybridized carbons (Fsp3) is 0.238. The molecule has 1 aromatic heterocycles. The highest BCUT2D eigenvalue weighted by Gasteiger charge is 2.12. The van der Waals surface area contributed by atoms with Crippen molar-refractivity contribution in [2.75, 3.05) is 12.4 Å². The Kier molecular flexibility index (Phi) is 7.89. The van der Waals surface area contributed by atoms with Crippen molar-refractivity contribution >= 4 is 35.1 Å². The van der Waals surface area contributed by atoms with E-state index < -0.39 is 0 Å². The van der Waals surface area contributed by atoms with Crippen molar-refractivity contribution in [1.29, 1.82) is 0 Å². The third-order valence-corrected chi connectivity index (χ3v) is 6.15. The number of hydrogen-bond donors (Lipinski definition) is 0. The second-order valence-electron chi connectivity index (χ2n) is 6.03. The van der Waals surface area contributed by atoms with Gasteiger partial charge in [0.25, 0.3) is 0 Å². The van der Waals surface area contributed by atoms with Crippen LogP contribution in [0.2, 0.25) is 5.02 Å². The molecule has 3 aromatic rings. The van der Waals surface area contributed by atoms with Crippen LogP contribution in [-0.4, -0.2) is 27.1 Å². The molecule has 0 aliphatic rings. The highest BCUT2D eigenvalue weighted by molar-refractivity contribution is 7.99. The zero-order valence-electron chi connectivity index (χ0n) is 15.7. The predicted octanol–water partition coefficient (Wildman–Crippen LogP) is 5.89. The van der Waals surface area contributed by atoms with Gasteiger partial charge in [-0.3, -0.25) is 0 Å². The van der Waals surface area contributed by atoms with Gasteiger partial charge in [-0.25, -0.2) is 0 Å². The zero-order chi connectivity index (χ0) is 19.8. The first-order chi connectivity index (χ1) is 13.7.